The molecule has 0 spiro atoms. The molecule has 15 heteroatoms. The second kappa shape index (κ2) is 12.6. The Morgan fingerprint density at radius 3 is 2.36 bits per heavy atom. The fourth-order valence-electron chi connectivity index (χ4n) is 6.58. The molecule has 4 unspecified atom stereocenters. The van der Waals surface area contributed by atoms with Gasteiger partial charge in [0, 0.05) is 54.6 Å². The summed E-state index contributed by atoms with van der Waals surface area (Å²) in [7, 11) is 3.94. The standard InChI is InChI=1S/C30H34F5N7O3.C2H6/c1-12-13(2)38-27-22-21(12)23(32)24(18-7-16(36)8-19(31)26(18)45-30(33,34)35)39-28(22)44-15(4)25-14(3)37-20(11-42(25)27)29(43)41-9-17(10-41)40(5)6;1-2/h7-8,14-15,17,20,25,37H,9-11,36H2,1-6H3;1-2H3. The van der Waals surface area contributed by atoms with Crippen molar-refractivity contribution in [1.29, 1.82) is 0 Å². The molecule has 3 aliphatic heterocycles. The topological polar surface area (TPSA) is 109 Å². The van der Waals surface area contributed by atoms with Gasteiger partial charge in [0.2, 0.25) is 11.8 Å². The van der Waals surface area contributed by atoms with E-state index < -0.39 is 47.1 Å². The first-order valence-corrected chi connectivity index (χ1v) is 15.6. The van der Waals surface area contributed by atoms with Gasteiger partial charge >= 0.3 is 6.36 Å². The summed E-state index contributed by atoms with van der Waals surface area (Å²) in [5, 5.41) is 3.61. The van der Waals surface area contributed by atoms with Crippen LogP contribution in [0.25, 0.3) is 22.0 Å². The van der Waals surface area contributed by atoms with Gasteiger partial charge in [0.1, 0.15) is 23.7 Å². The van der Waals surface area contributed by atoms with E-state index in [0.29, 0.717) is 36.2 Å². The Kier molecular flexibility index (Phi) is 9.18. The van der Waals surface area contributed by atoms with Gasteiger partial charge in [0.25, 0.3) is 0 Å². The van der Waals surface area contributed by atoms with E-state index in [1.165, 1.54) is 0 Å². The van der Waals surface area contributed by atoms with E-state index in [9.17, 15) is 22.4 Å². The van der Waals surface area contributed by atoms with Crippen molar-refractivity contribution in [2.24, 2.45) is 0 Å². The maximum atomic E-state index is 16.6. The molecule has 2 saturated heterocycles. The largest absolute Gasteiger partial charge is 0.573 e. The van der Waals surface area contributed by atoms with E-state index in [4.69, 9.17) is 15.5 Å². The molecule has 1 amide bonds. The highest BCUT2D eigenvalue weighted by Gasteiger charge is 2.46. The van der Waals surface area contributed by atoms with E-state index in [2.05, 4.69) is 19.9 Å². The number of aromatic nitrogens is 2. The third-order valence-electron chi connectivity index (χ3n) is 9.03. The fourth-order valence-corrected chi connectivity index (χ4v) is 6.58. The van der Waals surface area contributed by atoms with Gasteiger partial charge in [0.05, 0.1) is 17.0 Å². The Morgan fingerprint density at radius 1 is 1.09 bits per heavy atom. The van der Waals surface area contributed by atoms with Crippen LogP contribution in [-0.4, -0.2) is 96.0 Å². The normalized spacial score (nSPS) is 22.6. The van der Waals surface area contributed by atoms with Crippen molar-refractivity contribution >= 4 is 28.2 Å². The fraction of sp³-hybridized carbons (Fsp3) is 0.531. The van der Waals surface area contributed by atoms with Crippen LogP contribution in [0.4, 0.5) is 33.5 Å². The third kappa shape index (κ3) is 6.10. The molecule has 0 bridgehead atoms. The molecule has 0 aliphatic carbocycles. The molecule has 256 valence electrons. The minimum absolute atomic E-state index is 0.00299. The van der Waals surface area contributed by atoms with Crippen LogP contribution in [0.1, 0.15) is 39.0 Å². The number of amides is 1. The average Bonchev–Trinajstić information content (AvgIpc) is 3.07. The first-order valence-electron chi connectivity index (χ1n) is 15.6. The predicted octanol–water partition coefficient (Wildman–Crippen LogP) is 4.79. The van der Waals surface area contributed by atoms with Crippen molar-refractivity contribution in [1.82, 2.24) is 25.1 Å². The molecule has 3 aromatic rings. The molecular formula is C32H40F5N7O3. The lowest BCUT2D eigenvalue weighted by molar-refractivity contribution is -0.275. The first-order chi connectivity index (χ1) is 22.1. The zero-order valence-corrected chi connectivity index (χ0v) is 27.6. The molecule has 3 aliphatic rings. The van der Waals surface area contributed by atoms with Gasteiger partial charge in [-0.1, -0.05) is 13.8 Å². The Bertz CT molecular complexity index is 1700. The van der Waals surface area contributed by atoms with Gasteiger partial charge in [0.15, 0.2) is 17.4 Å². The lowest BCUT2D eigenvalue weighted by Gasteiger charge is -2.49. The second-order valence-electron chi connectivity index (χ2n) is 12.2. The number of benzene rings is 1. The minimum Gasteiger partial charge on any atom is -0.472 e. The lowest BCUT2D eigenvalue weighted by Crippen LogP contribution is -2.71. The number of hydrogen-bond acceptors (Lipinski definition) is 9. The van der Waals surface area contributed by atoms with Gasteiger partial charge in [-0.15, -0.1) is 13.2 Å². The number of anilines is 2. The Balaban J connectivity index is 0.00000213. The van der Waals surface area contributed by atoms with Crippen molar-refractivity contribution in [3.05, 3.63) is 35.0 Å². The number of hydrogen-bond donors (Lipinski definition) is 2. The van der Waals surface area contributed by atoms with E-state index in [1.54, 1.807) is 25.7 Å². The summed E-state index contributed by atoms with van der Waals surface area (Å²) in [5.74, 6) is -3.53. The second-order valence-corrected chi connectivity index (χ2v) is 12.2. The number of fused-ring (bicyclic) bond motifs is 2. The summed E-state index contributed by atoms with van der Waals surface area (Å²) in [6.07, 6.45) is -5.87. The number of nitrogens with two attached hydrogens (primary N) is 1. The highest BCUT2D eigenvalue weighted by molar-refractivity contribution is 6.02. The van der Waals surface area contributed by atoms with Crippen molar-refractivity contribution < 1.29 is 36.2 Å². The molecule has 4 atom stereocenters. The SMILES string of the molecule is CC.Cc1nc2c3c(nc(-c4cc(N)cc(F)c4OC(F)(F)F)c(F)c3c1C)OC(C)C1C(C)NC(C(=O)N3CC(N(C)C)C3)CN21. The number of carbonyl (C=O) groups is 1. The van der Waals surface area contributed by atoms with E-state index >= 15 is 4.39 Å². The summed E-state index contributed by atoms with van der Waals surface area (Å²) in [4.78, 5) is 28.5. The summed E-state index contributed by atoms with van der Waals surface area (Å²) < 4.78 is 81.7. The lowest BCUT2D eigenvalue weighted by atomic mass is 9.95. The number of likely N-dealkylation sites (tertiary alicyclic amines) is 1. The molecule has 2 fully saturated rings. The number of pyridine rings is 2. The molecular weight excluding hydrogens is 625 g/mol. The number of nitrogen functional groups attached to an aromatic ring is 1. The molecule has 5 heterocycles. The highest BCUT2D eigenvalue weighted by atomic mass is 19.4. The number of halogens is 5. The monoisotopic (exact) mass is 665 g/mol. The number of rotatable bonds is 4. The summed E-state index contributed by atoms with van der Waals surface area (Å²) in [5.41, 5.74) is 5.11. The minimum atomic E-state index is -5.27. The number of carbonyl (C=O) groups excluding carboxylic acids is 1. The quantitative estimate of drug-likeness (QED) is 0.301. The molecule has 3 N–H and O–H groups in total. The van der Waals surface area contributed by atoms with Crippen LogP contribution in [0.3, 0.4) is 0 Å². The number of nitrogens with zero attached hydrogens (tertiary/aromatic N) is 5. The molecule has 1 aromatic carbocycles. The number of alkyl halides is 3. The Morgan fingerprint density at radius 2 is 1.74 bits per heavy atom. The third-order valence-corrected chi connectivity index (χ3v) is 9.03. The summed E-state index contributed by atoms with van der Waals surface area (Å²) in [6.45, 7) is 12.4. The van der Waals surface area contributed by atoms with Gasteiger partial charge in [-0.3, -0.25) is 10.1 Å². The van der Waals surface area contributed by atoms with Crippen LogP contribution in [0.5, 0.6) is 11.6 Å². The maximum absolute atomic E-state index is 16.6. The zero-order valence-electron chi connectivity index (χ0n) is 27.6. The van der Waals surface area contributed by atoms with Crippen molar-refractivity contribution in [2.45, 2.75) is 78.2 Å². The smallest absolute Gasteiger partial charge is 0.472 e. The zero-order chi connectivity index (χ0) is 34.7. The number of piperazine rings is 1. The average molecular weight is 666 g/mol. The van der Waals surface area contributed by atoms with Crippen LogP contribution in [0.15, 0.2) is 12.1 Å². The Hall–Kier alpha value is -3.98. The van der Waals surface area contributed by atoms with Crippen molar-refractivity contribution in [2.75, 3.05) is 44.4 Å². The predicted molar refractivity (Wildman–Crippen MR) is 168 cm³/mol. The highest BCUT2D eigenvalue weighted by Crippen LogP contribution is 2.46. The van der Waals surface area contributed by atoms with Crippen molar-refractivity contribution in [3.63, 3.8) is 0 Å². The van der Waals surface area contributed by atoms with E-state index in [0.717, 1.165) is 6.07 Å². The number of nitrogens with one attached hydrogen (secondary N) is 1. The van der Waals surface area contributed by atoms with Crippen molar-refractivity contribution in [3.8, 4) is 22.9 Å². The summed E-state index contributed by atoms with van der Waals surface area (Å²) >= 11 is 0. The van der Waals surface area contributed by atoms with Gasteiger partial charge < -0.3 is 29.9 Å². The molecule has 6 rings (SSSR count). The Labute approximate surface area is 270 Å². The number of likely N-dealkylation sites (N-methyl/N-ethyl adjacent to an activating group) is 1. The summed E-state index contributed by atoms with van der Waals surface area (Å²) in [6, 6.07) is 0.648. The first kappa shape index (κ1) is 34.4. The van der Waals surface area contributed by atoms with Gasteiger partial charge in [-0.2, -0.15) is 0 Å². The van der Waals surface area contributed by atoms with Crippen LogP contribution in [0, 0.1) is 25.5 Å². The molecule has 0 radical (unpaired) electrons. The van der Waals surface area contributed by atoms with Crippen LogP contribution >= 0.6 is 0 Å². The van der Waals surface area contributed by atoms with E-state index in [-0.39, 0.29) is 52.9 Å². The van der Waals surface area contributed by atoms with Gasteiger partial charge in [-0.25, -0.2) is 18.7 Å². The van der Waals surface area contributed by atoms with E-state index in [1.807, 2.05) is 39.8 Å². The molecule has 0 saturated carbocycles. The number of ether oxygens (including phenoxy) is 2. The van der Waals surface area contributed by atoms with Crippen LogP contribution in [-0.2, 0) is 4.79 Å². The molecule has 2 aromatic heterocycles. The molecule has 10 nitrogen and oxygen atoms in total. The maximum Gasteiger partial charge on any atom is 0.573 e. The van der Waals surface area contributed by atoms with Crippen LogP contribution in [0.2, 0.25) is 0 Å². The van der Waals surface area contributed by atoms with Gasteiger partial charge in [-0.05, 0) is 53.4 Å². The molecule has 47 heavy (non-hydrogen) atoms. The number of aryl methyl sites for hydroxylation is 2. The van der Waals surface area contributed by atoms with Crippen LogP contribution < -0.4 is 25.4 Å².